The van der Waals surface area contributed by atoms with Gasteiger partial charge in [0.2, 0.25) is 5.91 Å². The molecule has 0 bridgehead atoms. The maximum Gasteiger partial charge on any atom is 0.216 e. The van der Waals surface area contributed by atoms with Gasteiger partial charge >= 0.3 is 0 Å². The minimum Gasteiger partial charge on any atom is -0.355 e. The van der Waals surface area contributed by atoms with Crippen molar-refractivity contribution in [3.05, 3.63) is 34.9 Å². The number of carbonyl (C=O) groups excluding carboxylic acids is 1. The van der Waals surface area contributed by atoms with E-state index in [1.54, 1.807) is 0 Å². The maximum absolute atomic E-state index is 10.6. The van der Waals surface area contributed by atoms with Crippen molar-refractivity contribution in [2.45, 2.75) is 26.2 Å². The molecule has 2 heteroatoms. The number of rotatable bonds is 2. The first kappa shape index (κ1) is 10.8. The molecule has 0 atom stereocenters. The summed E-state index contributed by atoms with van der Waals surface area (Å²) in [6.45, 7) is 2.15. The zero-order chi connectivity index (χ0) is 11.4. The number of fused-ring (bicyclic) bond motifs is 1. The van der Waals surface area contributed by atoms with Crippen LogP contribution in [0.5, 0.6) is 0 Å². The van der Waals surface area contributed by atoms with Gasteiger partial charge in [0.25, 0.3) is 0 Å². The van der Waals surface area contributed by atoms with Gasteiger partial charge < -0.3 is 5.32 Å². The number of benzene rings is 1. The summed E-state index contributed by atoms with van der Waals surface area (Å²) in [6, 6.07) is 6.41. The van der Waals surface area contributed by atoms with Crippen LogP contribution in [0.1, 0.15) is 30.0 Å². The molecule has 1 aromatic carbocycles. The van der Waals surface area contributed by atoms with Gasteiger partial charge in [-0.05, 0) is 36.1 Å². The van der Waals surface area contributed by atoms with Crippen LogP contribution in [0.3, 0.4) is 0 Å². The number of hydrogen-bond donors (Lipinski definition) is 1. The van der Waals surface area contributed by atoms with Crippen molar-refractivity contribution < 1.29 is 4.79 Å². The minimum absolute atomic E-state index is 0.00263. The van der Waals surface area contributed by atoms with E-state index in [2.05, 4.69) is 35.4 Å². The Balaban J connectivity index is 1.86. The smallest absolute Gasteiger partial charge is 0.216 e. The van der Waals surface area contributed by atoms with E-state index < -0.39 is 0 Å². The Bertz CT molecular complexity index is 465. The van der Waals surface area contributed by atoms with Crippen molar-refractivity contribution in [1.29, 1.82) is 0 Å². The second kappa shape index (κ2) is 4.85. The molecule has 82 valence electrons. The van der Waals surface area contributed by atoms with Crippen molar-refractivity contribution in [2.24, 2.45) is 0 Å². The average molecular weight is 213 g/mol. The quantitative estimate of drug-likeness (QED) is 0.587. The third-order valence-electron chi connectivity index (χ3n) is 2.73. The summed E-state index contributed by atoms with van der Waals surface area (Å²) in [6.07, 6.45) is 3.11. The predicted octanol–water partition coefficient (Wildman–Crippen LogP) is 1.66. The fraction of sp³-hybridized carbons (Fsp3) is 0.357. The van der Waals surface area contributed by atoms with E-state index in [4.69, 9.17) is 0 Å². The molecule has 0 radical (unpaired) electrons. The molecule has 0 aliphatic heterocycles. The average Bonchev–Trinajstić information content (AvgIpc) is 2.21. The van der Waals surface area contributed by atoms with Crippen LogP contribution in [-0.2, 0) is 17.6 Å². The van der Waals surface area contributed by atoms with Gasteiger partial charge in [-0.25, -0.2) is 0 Å². The van der Waals surface area contributed by atoms with Crippen LogP contribution in [0, 0.1) is 11.8 Å². The van der Waals surface area contributed by atoms with E-state index in [-0.39, 0.29) is 5.91 Å². The predicted molar refractivity (Wildman–Crippen MR) is 64.0 cm³/mol. The molecule has 0 unspecified atom stereocenters. The van der Waals surface area contributed by atoms with Crippen molar-refractivity contribution in [1.82, 2.24) is 5.32 Å². The molecule has 1 aromatic rings. The van der Waals surface area contributed by atoms with Crippen molar-refractivity contribution >= 4 is 5.91 Å². The second-order valence-corrected chi connectivity index (χ2v) is 4.02. The van der Waals surface area contributed by atoms with E-state index in [0.717, 1.165) is 5.56 Å². The molecule has 2 nitrogen and oxygen atoms in total. The normalized spacial score (nSPS) is 11.8. The zero-order valence-corrected chi connectivity index (χ0v) is 9.47. The fourth-order valence-corrected chi connectivity index (χ4v) is 1.74. The Kier molecular flexibility index (Phi) is 3.26. The summed E-state index contributed by atoms with van der Waals surface area (Å²) in [7, 11) is 0. The standard InChI is InChI=1S/C14H15NO/c1-11(16)15-9-3-2-4-12-5-6-13-7-8-14(13)10-12/h5-6,10H,3,7-9H2,1H3,(H,15,16). The molecule has 1 aliphatic rings. The first-order chi connectivity index (χ1) is 7.75. The number of hydrogen-bond acceptors (Lipinski definition) is 1. The molecule has 0 heterocycles. The van der Waals surface area contributed by atoms with Gasteiger partial charge in [0.05, 0.1) is 0 Å². The van der Waals surface area contributed by atoms with E-state index >= 15 is 0 Å². The summed E-state index contributed by atoms with van der Waals surface area (Å²) in [4.78, 5) is 10.6. The Morgan fingerprint density at radius 3 is 2.81 bits per heavy atom. The summed E-state index contributed by atoms with van der Waals surface area (Å²) in [5.41, 5.74) is 3.98. The fourth-order valence-electron chi connectivity index (χ4n) is 1.74. The highest BCUT2D eigenvalue weighted by Crippen LogP contribution is 2.23. The van der Waals surface area contributed by atoms with Crippen LogP contribution in [0.4, 0.5) is 0 Å². The highest BCUT2D eigenvalue weighted by molar-refractivity contribution is 5.72. The second-order valence-electron chi connectivity index (χ2n) is 4.02. The Hall–Kier alpha value is -1.75. The molecule has 1 aliphatic carbocycles. The minimum atomic E-state index is 0.00263. The van der Waals surface area contributed by atoms with Gasteiger partial charge in [-0.2, -0.15) is 0 Å². The van der Waals surface area contributed by atoms with Crippen LogP contribution in [-0.4, -0.2) is 12.5 Å². The van der Waals surface area contributed by atoms with Gasteiger partial charge in [0.1, 0.15) is 0 Å². The molecule has 0 fully saturated rings. The summed E-state index contributed by atoms with van der Waals surface area (Å²) in [5.74, 6) is 6.18. The topological polar surface area (TPSA) is 29.1 Å². The number of nitrogens with one attached hydrogen (secondary N) is 1. The zero-order valence-electron chi connectivity index (χ0n) is 9.47. The Morgan fingerprint density at radius 2 is 2.19 bits per heavy atom. The first-order valence-electron chi connectivity index (χ1n) is 5.61. The van der Waals surface area contributed by atoms with E-state index in [9.17, 15) is 4.79 Å². The lowest BCUT2D eigenvalue weighted by atomic mass is 9.87. The van der Waals surface area contributed by atoms with Gasteiger partial charge in [0.15, 0.2) is 0 Å². The van der Waals surface area contributed by atoms with Crippen molar-refractivity contribution in [3.8, 4) is 11.8 Å². The highest BCUT2D eigenvalue weighted by Gasteiger charge is 2.11. The summed E-state index contributed by atoms with van der Waals surface area (Å²) in [5, 5.41) is 2.72. The maximum atomic E-state index is 10.6. The molecule has 0 saturated carbocycles. The number of amides is 1. The monoisotopic (exact) mass is 213 g/mol. The molecule has 1 amide bonds. The molecule has 2 rings (SSSR count). The summed E-state index contributed by atoms with van der Waals surface area (Å²) < 4.78 is 0. The molecule has 0 aromatic heterocycles. The molecule has 0 spiro atoms. The highest BCUT2D eigenvalue weighted by atomic mass is 16.1. The van der Waals surface area contributed by atoms with Gasteiger partial charge in [-0.15, -0.1) is 0 Å². The third kappa shape index (κ3) is 2.64. The van der Waals surface area contributed by atoms with Crippen LogP contribution in [0.2, 0.25) is 0 Å². The van der Waals surface area contributed by atoms with Crippen LogP contribution >= 0.6 is 0 Å². The van der Waals surface area contributed by atoms with Crippen LogP contribution < -0.4 is 5.32 Å². The van der Waals surface area contributed by atoms with E-state index in [1.807, 2.05) is 0 Å². The lowest BCUT2D eigenvalue weighted by Gasteiger charge is -2.17. The summed E-state index contributed by atoms with van der Waals surface area (Å²) >= 11 is 0. The Labute approximate surface area is 96.1 Å². The lowest BCUT2D eigenvalue weighted by molar-refractivity contribution is -0.118. The van der Waals surface area contributed by atoms with Crippen molar-refractivity contribution in [3.63, 3.8) is 0 Å². The molecule has 1 N–H and O–H groups in total. The third-order valence-corrected chi connectivity index (χ3v) is 2.73. The van der Waals surface area contributed by atoms with Crippen molar-refractivity contribution in [2.75, 3.05) is 6.54 Å². The molecular weight excluding hydrogens is 198 g/mol. The van der Waals surface area contributed by atoms with Crippen LogP contribution in [0.25, 0.3) is 0 Å². The van der Waals surface area contributed by atoms with Gasteiger partial charge in [-0.3, -0.25) is 4.79 Å². The molecule has 16 heavy (non-hydrogen) atoms. The van der Waals surface area contributed by atoms with Crippen LogP contribution in [0.15, 0.2) is 18.2 Å². The SMILES string of the molecule is CC(=O)NCCC#Cc1ccc2c(c1)CC2. The number of aryl methyl sites for hydroxylation is 2. The molecule has 0 saturated heterocycles. The van der Waals surface area contributed by atoms with Gasteiger partial charge in [0, 0.05) is 25.5 Å². The largest absolute Gasteiger partial charge is 0.355 e. The van der Waals surface area contributed by atoms with E-state index in [1.165, 1.54) is 30.9 Å². The first-order valence-corrected chi connectivity index (χ1v) is 5.61. The number of carbonyl (C=O) groups is 1. The lowest BCUT2D eigenvalue weighted by Crippen LogP contribution is -2.20. The van der Waals surface area contributed by atoms with Gasteiger partial charge in [-0.1, -0.05) is 17.9 Å². The Morgan fingerprint density at radius 1 is 1.38 bits per heavy atom. The van der Waals surface area contributed by atoms with E-state index in [0.29, 0.717) is 13.0 Å². The molecular formula is C14H15NO.